The van der Waals surface area contributed by atoms with Crippen molar-refractivity contribution in [1.82, 2.24) is 4.98 Å². The summed E-state index contributed by atoms with van der Waals surface area (Å²) in [7, 11) is 0. The van der Waals surface area contributed by atoms with E-state index in [2.05, 4.69) is 29.4 Å². The van der Waals surface area contributed by atoms with Gasteiger partial charge in [0.05, 0.1) is 10.4 Å². The number of carbonyl (C=O) groups is 1. The summed E-state index contributed by atoms with van der Waals surface area (Å²) in [6, 6.07) is 18.1. The minimum Gasteiger partial charge on any atom is -0.321 e. The Morgan fingerprint density at radius 1 is 1.08 bits per heavy atom. The molecule has 0 spiro atoms. The fourth-order valence-electron chi connectivity index (χ4n) is 3.06. The summed E-state index contributed by atoms with van der Waals surface area (Å²) >= 11 is 1.44. The predicted octanol–water partition coefficient (Wildman–Crippen LogP) is 5.57. The highest BCUT2D eigenvalue weighted by atomic mass is 32.1. The zero-order valence-electron chi connectivity index (χ0n) is 14.2. The van der Waals surface area contributed by atoms with Crippen LogP contribution in [0, 0.1) is 6.92 Å². The van der Waals surface area contributed by atoms with Crippen LogP contribution in [0.15, 0.2) is 54.6 Å². The summed E-state index contributed by atoms with van der Waals surface area (Å²) in [5.41, 5.74) is 4.11. The van der Waals surface area contributed by atoms with Crippen LogP contribution in [0.1, 0.15) is 27.7 Å². The first-order valence-electron chi connectivity index (χ1n) is 8.35. The van der Waals surface area contributed by atoms with Crippen LogP contribution in [0.5, 0.6) is 0 Å². The van der Waals surface area contributed by atoms with E-state index in [1.807, 2.05) is 49.4 Å². The van der Waals surface area contributed by atoms with Gasteiger partial charge >= 0.3 is 0 Å². The molecule has 2 aromatic carbocycles. The van der Waals surface area contributed by atoms with Gasteiger partial charge in [0.15, 0.2) is 0 Å². The van der Waals surface area contributed by atoms with Crippen LogP contribution in [-0.4, -0.2) is 10.9 Å². The highest BCUT2D eigenvalue weighted by Crippen LogP contribution is 2.29. The molecule has 0 aliphatic carbocycles. The number of amides is 1. The molecule has 0 aliphatic heterocycles. The molecule has 25 heavy (non-hydrogen) atoms. The summed E-state index contributed by atoms with van der Waals surface area (Å²) in [6.45, 7) is 4.12. The Labute approximate surface area is 150 Å². The van der Waals surface area contributed by atoms with Gasteiger partial charge in [-0.15, -0.1) is 11.3 Å². The minimum absolute atomic E-state index is 0.0731. The van der Waals surface area contributed by atoms with Crippen LogP contribution in [0.2, 0.25) is 0 Å². The number of aromatic nitrogens is 1. The Balaban J connectivity index is 1.72. The number of thiophene rings is 1. The van der Waals surface area contributed by atoms with Crippen molar-refractivity contribution in [3.8, 4) is 0 Å². The number of fused-ring (bicyclic) bond motifs is 2. The molecule has 0 unspecified atom stereocenters. The Morgan fingerprint density at radius 3 is 2.76 bits per heavy atom. The summed E-state index contributed by atoms with van der Waals surface area (Å²) in [4.78, 5) is 19.0. The first kappa shape index (κ1) is 15.8. The van der Waals surface area contributed by atoms with E-state index < -0.39 is 0 Å². The second-order valence-corrected chi connectivity index (χ2v) is 7.13. The lowest BCUT2D eigenvalue weighted by atomic mass is 10.1. The number of nitrogens with zero attached hydrogens (tertiary/aromatic N) is 1. The maximum atomic E-state index is 12.8. The molecule has 4 rings (SSSR count). The molecule has 0 saturated carbocycles. The third kappa shape index (κ3) is 2.89. The molecule has 0 atom stereocenters. The molecule has 2 heterocycles. The van der Waals surface area contributed by atoms with Crippen LogP contribution in [0.4, 0.5) is 5.69 Å². The van der Waals surface area contributed by atoms with Gasteiger partial charge in [0.1, 0.15) is 4.83 Å². The molecule has 124 valence electrons. The Kier molecular flexibility index (Phi) is 3.98. The molecule has 0 bridgehead atoms. The third-order valence-electron chi connectivity index (χ3n) is 4.41. The lowest BCUT2D eigenvalue weighted by molar-refractivity contribution is 0.103. The number of pyridine rings is 1. The van der Waals surface area contributed by atoms with Crippen LogP contribution >= 0.6 is 11.3 Å². The van der Waals surface area contributed by atoms with E-state index in [1.165, 1.54) is 11.3 Å². The zero-order chi connectivity index (χ0) is 17.4. The number of rotatable bonds is 3. The number of hydrogen-bond acceptors (Lipinski definition) is 3. The van der Waals surface area contributed by atoms with Crippen LogP contribution < -0.4 is 5.32 Å². The van der Waals surface area contributed by atoms with E-state index in [4.69, 9.17) is 0 Å². The monoisotopic (exact) mass is 346 g/mol. The van der Waals surface area contributed by atoms with Crippen molar-refractivity contribution < 1.29 is 4.79 Å². The van der Waals surface area contributed by atoms with E-state index in [-0.39, 0.29) is 5.91 Å². The average Bonchev–Trinajstić information content (AvgIpc) is 3.04. The first-order valence-corrected chi connectivity index (χ1v) is 9.16. The second kappa shape index (κ2) is 6.30. The molecule has 1 N–H and O–H groups in total. The molecular formula is C21H18N2OS. The highest BCUT2D eigenvalue weighted by molar-refractivity contribution is 7.20. The Bertz CT molecular complexity index is 1050. The van der Waals surface area contributed by atoms with Crippen LogP contribution in [-0.2, 0) is 6.42 Å². The normalized spacial score (nSPS) is 11.1. The van der Waals surface area contributed by atoms with Crippen molar-refractivity contribution in [3.05, 3.63) is 70.6 Å². The van der Waals surface area contributed by atoms with Gasteiger partial charge in [-0.1, -0.05) is 43.3 Å². The molecular weight excluding hydrogens is 328 g/mol. The zero-order valence-corrected chi connectivity index (χ0v) is 15.0. The molecule has 3 nitrogen and oxygen atoms in total. The number of nitrogens with one attached hydrogen (secondary N) is 1. The van der Waals surface area contributed by atoms with Crippen molar-refractivity contribution in [2.45, 2.75) is 20.3 Å². The maximum Gasteiger partial charge on any atom is 0.265 e. The number of para-hydroxylation sites is 2. The van der Waals surface area contributed by atoms with Crippen molar-refractivity contribution in [1.29, 1.82) is 0 Å². The van der Waals surface area contributed by atoms with Crippen LogP contribution in [0.25, 0.3) is 21.1 Å². The van der Waals surface area contributed by atoms with Gasteiger partial charge in [-0.25, -0.2) is 4.98 Å². The fourth-order valence-corrected chi connectivity index (χ4v) is 3.98. The summed E-state index contributed by atoms with van der Waals surface area (Å²) in [5.74, 6) is -0.0731. The molecule has 0 saturated heterocycles. The van der Waals surface area contributed by atoms with Gasteiger partial charge in [-0.05, 0) is 42.7 Å². The van der Waals surface area contributed by atoms with Gasteiger partial charge in [0, 0.05) is 16.5 Å². The summed E-state index contributed by atoms with van der Waals surface area (Å²) < 4.78 is 0. The van der Waals surface area contributed by atoms with Gasteiger partial charge in [0.2, 0.25) is 0 Å². The second-order valence-electron chi connectivity index (χ2n) is 6.10. The van der Waals surface area contributed by atoms with E-state index in [0.717, 1.165) is 44.4 Å². The largest absolute Gasteiger partial charge is 0.321 e. The number of hydrogen-bond donors (Lipinski definition) is 1. The van der Waals surface area contributed by atoms with E-state index >= 15 is 0 Å². The van der Waals surface area contributed by atoms with Gasteiger partial charge in [0.25, 0.3) is 5.91 Å². The molecule has 0 aliphatic rings. The fraction of sp³-hybridized carbons (Fsp3) is 0.143. The van der Waals surface area contributed by atoms with E-state index in [1.54, 1.807) is 0 Å². The Morgan fingerprint density at radius 2 is 1.92 bits per heavy atom. The van der Waals surface area contributed by atoms with Gasteiger partial charge < -0.3 is 5.32 Å². The third-order valence-corrected chi connectivity index (χ3v) is 5.46. The quantitative estimate of drug-likeness (QED) is 0.527. The van der Waals surface area contributed by atoms with E-state index in [0.29, 0.717) is 4.88 Å². The number of carbonyl (C=O) groups excluding carboxylic acids is 1. The Hall–Kier alpha value is -2.72. The van der Waals surface area contributed by atoms with Crippen molar-refractivity contribution >= 4 is 44.1 Å². The number of benzene rings is 2. The number of anilines is 1. The molecule has 4 heteroatoms. The van der Waals surface area contributed by atoms with E-state index in [9.17, 15) is 4.79 Å². The van der Waals surface area contributed by atoms with Crippen molar-refractivity contribution in [2.75, 3.05) is 5.32 Å². The smallest absolute Gasteiger partial charge is 0.265 e. The highest BCUT2D eigenvalue weighted by Gasteiger charge is 2.14. The lowest BCUT2D eigenvalue weighted by Gasteiger charge is -2.12. The summed E-state index contributed by atoms with van der Waals surface area (Å²) in [5, 5.41) is 5.19. The van der Waals surface area contributed by atoms with Crippen molar-refractivity contribution in [2.24, 2.45) is 0 Å². The predicted molar refractivity (Wildman–Crippen MR) is 106 cm³/mol. The topological polar surface area (TPSA) is 42.0 Å². The number of aryl methyl sites for hydroxylation is 2. The molecule has 2 aromatic heterocycles. The minimum atomic E-state index is -0.0731. The molecule has 0 radical (unpaired) electrons. The molecule has 4 aromatic rings. The SMILES string of the molecule is CCc1cccc(C)c1NC(=O)c1cc2cc3ccccc3nc2s1. The van der Waals surface area contributed by atoms with Crippen molar-refractivity contribution in [3.63, 3.8) is 0 Å². The average molecular weight is 346 g/mol. The van der Waals surface area contributed by atoms with Crippen LogP contribution in [0.3, 0.4) is 0 Å². The maximum absolute atomic E-state index is 12.8. The summed E-state index contributed by atoms with van der Waals surface area (Å²) in [6.07, 6.45) is 0.886. The van der Waals surface area contributed by atoms with Gasteiger partial charge in [-0.3, -0.25) is 4.79 Å². The molecule has 1 amide bonds. The molecule has 0 fully saturated rings. The first-order chi connectivity index (χ1) is 12.2. The standard InChI is InChI=1S/C21H18N2OS/c1-3-14-9-6-7-13(2)19(14)23-20(24)18-12-16-11-15-8-4-5-10-17(15)22-21(16)25-18/h4-12H,3H2,1-2H3,(H,23,24). The van der Waals surface area contributed by atoms with Gasteiger partial charge in [-0.2, -0.15) is 0 Å². The lowest BCUT2D eigenvalue weighted by Crippen LogP contribution is -2.12.